The predicted octanol–water partition coefficient (Wildman–Crippen LogP) is 2.90. The van der Waals surface area contributed by atoms with Crippen LogP contribution in [0.3, 0.4) is 0 Å². The molecule has 0 unspecified atom stereocenters. The summed E-state index contributed by atoms with van der Waals surface area (Å²) >= 11 is 0. The van der Waals surface area contributed by atoms with Crippen LogP contribution < -0.4 is 10.5 Å². The molecular formula is C12H11FN2O. The lowest BCUT2D eigenvalue weighted by Crippen LogP contribution is -1.94. The van der Waals surface area contributed by atoms with Gasteiger partial charge in [-0.15, -0.1) is 0 Å². The van der Waals surface area contributed by atoms with Crippen molar-refractivity contribution in [3.8, 4) is 11.6 Å². The molecule has 16 heavy (non-hydrogen) atoms. The maximum atomic E-state index is 12.9. The van der Waals surface area contributed by atoms with Gasteiger partial charge in [0.2, 0.25) is 5.88 Å². The fourth-order valence-electron chi connectivity index (χ4n) is 1.23. The first-order chi connectivity index (χ1) is 7.65. The first kappa shape index (κ1) is 10.4. The monoisotopic (exact) mass is 218 g/mol. The third-order valence-electron chi connectivity index (χ3n) is 2.14. The summed E-state index contributed by atoms with van der Waals surface area (Å²) in [5.41, 5.74) is 7.19. The number of ether oxygens (including phenoxy) is 1. The molecule has 0 radical (unpaired) electrons. The van der Waals surface area contributed by atoms with Gasteiger partial charge in [-0.2, -0.15) is 0 Å². The molecule has 0 fully saturated rings. The largest absolute Gasteiger partial charge is 0.439 e. The average molecular weight is 218 g/mol. The topological polar surface area (TPSA) is 48.1 Å². The summed E-state index contributed by atoms with van der Waals surface area (Å²) in [5.74, 6) is 0.405. The van der Waals surface area contributed by atoms with Crippen LogP contribution in [0.2, 0.25) is 0 Å². The number of anilines is 1. The zero-order valence-corrected chi connectivity index (χ0v) is 8.77. The number of nitrogens with two attached hydrogens (primary N) is 1. The summed E-state index contributed by atoms with van der Waals surface area (Å²) in [6, 6.07) is 7.48. The third kappa shape index (κ3) is 2.28. The van der Waals surface area contributed by atoms with E-state index in [1.807, 2.05) is 6.92 Å². The number of aryl methyl sites for hydroxylation is 1. The van der Waals surface area contributed by atoms with Gasteiger partial charge in [0.1, 0.15) is 11.6 Å². The number of pyridine rings is 1. The van der Waals surface area contributed by atoms with E-state index < -0.39 is 0 Å². The van der Waals surface area contributed by atoms with Crippen LogP contribution in [-0.4, -0.2) is 4.98 Å². The van der Waals surface area contributed by atoms with Crippen molar-refractivity contribution in [2.24, 2.45) is 0 Å². The van der Waals surface area contributed by atoms with Gasteiger partial charge < -0.3 is 10.5 Å². The lowest BCUT2D eigenvalue weighted by molar-refractivity contribution is 0.458. The van der Waals surface area contributed by atoms with Crippen LogP contribution in [0.4, 0.5) is 10.1 Å². The van der Waals surface area contributed by atoms with Crippen LogP contribution in [-0.2, 0) is 0 Å². The number of benzene rings is 1. The number of nitrogen functional groups attached to an aromatic ring is 1. The SMILES string of the molecule is Cc1cnc(Oc2cccc(F)c2)cc1N. The van der Waals surface area contributed by atoms with Crippen molar-refractivity contribution in [2.75, 3.05) is 5.73 Å². The maximum absolute atomic E-state index is 12.9. The van der Waals surface area contributed by atoms with Gasteiger partial charge in [0.15, 0.2) is 0 Å². The summed E-state index contributed by atoms with van der Waals surface area (Å²) in [4.78, 5) is 4.04. The minimum atomic E-state index is -0.349. The van der Waals surface area contributed by atoms with Crippen molar-refractivity contribution in [1.29, 1.82) is 0 Å². The standard InChI is InChI=1S/C12H11FN2O/c1-8-7-15-12(6-11(8)14)16-10-4-2-3-9(13)5-10/h2-7H,1H3,(H2,14,15). The van der Waals surface area contributed by atoms with Gasteiger partial charge in [0.25, 0.3) is 0 Å². The minimum absolute atomic E-state index is 0.349. The molecule has 2 rings (SSSR count). The van der Waals surface area contributed by atoms with Crippen LogP contribution in [0.15, 0.2) is 36.5 Å². The Balaban J connectivity index is 2.24. The fourth-order valence-corrected chi connectivity index (χ4v) is 1.23. The van der Waals surface area contributed by atoms with E-state index in [4.69, 9.17) is 10.5 Å². The number of hydrogen-bond donors (Lipinski definition) is 1. The van der Waals surface area contributed by atoms with Gasteiger partial charge in [-0.1, -0.05) is 6.07 Å². The Labute approximate surface area is 92.7 Å². The molecule has 0 saturated carbocycles. The number of halogens is 1. The van der Waals surface area contributed by atoms with Gasteiger partial charge in [0, 0.05) is 24.0 Å². The number of aromatic nitrogens is 1. The van der Waals surface area contributed by atoms with Crippen LogP contribution in [0.1, 0.15) is 5.56 Å². The zero-order chi connectivity index (χ0) is 11.5. The minimum Gasteiger partial charge on any atom is -0.439 e. The molecule has 2 N–H and O–H groups in total. The second kappa shape index (κ2) is 4.18. The highest BCUT2D eigenvalue weighted by molar-refractivity contribution is 5.47. The normalized spacial score (nSPS) is 10.1. The van der Waals surface area contributed by atoms with E-state index in [1.165, 1.54) is 12.1 Å². The highest BCUT2D eigenvalue weighted by Gasteiger charge is 2.02. The van der Waals surface area contributed by atoms with Crippen LogP contribution >= 0.6 is 0 Å². The van der Waals surface area contributed by atoms with Crippen LogP contribution in [0.25, 0.3) is 0 Å². The zero-order valence-electron chi connectivity index (χ0n) is 8.77. The van der Waals surface area contributed by atoms with E-state index in [9.17, 15) is 4.39 Å². The van der Waals surface area contributed by atoms with Crippen molar-refractivity contribution in [1.82, 2.24) is 4.98 Å². The van der Waals surface area contributed by atoms with Gasteiger partial charge in [0.05, 0.1) is 0 Å². The molecule has 3 nitrogen and oxygen atoms in total. The fraction of sp³-hybridized carbons (Fsp3) is 0.0833. The molecule has 82 valence electrons. The Bertz CT molecular complexity index is 514. The van der Waals surface area contributed by atoms with E-state index >= 15 is 0 Å². The molecular weight excluding hydrogens is 207 g/mol. The van der Waals surface area contributed by atoms with Crippen molar-refractivity contribution in [3.63, 3.8) is 0 Å². The van der Waals surface area contributed by atoms with Crippen molar-refractivity contribution >= 4 is 5.69 Å². The molecule has 4 heteroatoms. The summed E-state index contributed by atoms with van der Waals surface area (Å²) in [5, 5.41) is 0. The van der Waals surface area contributed by atoms with Crippen LogP contribution in [0, 0.1) is 12.7 Å². The lowest BCUT2D eigenvalue weighted by atomic mass is 10.3. The Morgan fingerprint density at radius 2 is 2.12 bits per heavy atom. The Morgan fingerprint density at radius 3 is 2.81 bits per heavy atom. The van der Waals surface area contributed by atoms with E-state index in [2.05, 4.69) is 4.98 Å². The van der Waals surface area contributed by atoms with Crippen molar-refractivity contribution in [2.45, 2.75) is 6.92 Å². The number of hydrogen-bond acceptors (Lipinski definition) is 3. The van der Waals surface area contributed by atoms with Crippen LogP contribution in [0.5, 0.6) is 11.6 Å². The molecule has 1 aromatic carbocycles. The van der Waals surface area contributed by atoms with Gasteiger partial charge in [-0.3, -0.25) is 0 Å². The molecule has 0 amide bonds. The Kier molecular flexibility index (Phi) is 2.72. The first-order valence-corrected chi connectivity index (χ1v) is 4.81. The molecule has 1 heterocycles. The predicted molar refractivity (Wildman–Crippen MR) is 59.9 cm³/mol. The number of rotatable bonds is 2. The molecule has 0 saturated heterocycles. The molecule has 1 aromatic heterocycles. The molecule has 0 aliphatic heterocycles. The van der Waals surface area contributed by atoms with Gasteiger partial charge in [-0.05, 0) is 24.6 Å². The van der Waals surface area contributed by atoms with Crippen molar-refractivity contribution < 1.29 is 9.13 Å². The molecule has 0 aliphatic carbocycles. The molecule has 0 bridgehead atoms. The molecule has 0 aliphatic rings. The molecule has 0 spiro atoms. The van der Waals surface area contributed by atoms with E-state index in [0.29, 0.717) is 17.3 Å². The van der Waals surface area contributed by atoms with Crippen molar-refractivity contribution in [3.05, 3.63) is 47.9 Å². The first-order valence-electron chi connectivity index (χ1n) is 4.81. The number of nitrogens with zero attached hydrogens (tertiary/aromatic N) is 1. The summed E-state index contributed by atoms with van der Waals surface area (Å²) in [6.07, 6.45) is 1.62. The second-order valence-electron chi connectivity index (χ2n) is 3.44. The summed E-state index contributed by atoms with van der Waals surface area (Å²) < 4.78 is 18.3. The van der Waals surface area contributed by atoms with E-state index in [0.717, 1.165) is 5.56 Å². The van der Waals surface area contributed by atoms with E-state index in [1.54, 1.807) is 24.4 Å². The quantitative estimate of drug-likeness (QED) is 0.843. The summed E-state index contributed by atoms with van der Waals surface area (Å²) in [6.45, 7) is 1.86. The van der Waals surface area contributed by atoms with Gasteiger partial charge >= 0.3 is 0 Å². The maximum Gasteiger partial charge on any atom is 0.221 e. The lowest BCUT2D eigenvalue weighted by Gasteiger charge is -2.06. The summed E-state index contributed by atoms with van der Waals surface area (Å²) in [7, 11) is 0. The van der Waals surface area contributed by atoms with E-state index in [-0.39, 0.29) is 5.82 Å². The third-order valence-corrected chi connectivity index (χ3v) is 2.14. The highest BCUT2D eigenvalue weighted by Crippen LogP contribution is 2.22. The molecule has 0 atom stereocenters. The average Bonchev–Trinajstić information content (AvgIpc) is 2.24. The Hall–Kier alpha value is -2.10. The Morgan fingerprint density at radius 1 is 1.31 bits per heavy atom. The van der Waals surface area contributed by atoms with Gasteiger partial charge in [-0.25, -0.2) is 9.37 Å². The second-order valence-corrected chi connectivity index (χ2v) is 3.44. The highest BCUT2D eigenvalue weighted by atomic mass is 19.1. The molecule has 2 aromatic rings. The smallest absolute Gasteiger partial charge is 0.221 e.